The van der Waals surface area contributed by atoms with Crippen LogP contribution in [0.3, 0.4) is 0 Å². The zero-order valence-electron chi connectivity index (χ0n) is 19.4. The van der Waals surface area contributed by atoms with E-state index in [4.69, 9.17) is 0 Å². The van der Waals surface area contributed by atoms with Crippen LogP contribution < -0.4 is 5.32 Å². The fourth-order valence-corrected chi connectivity index (χ4v) is 4.13. The molecule has 1 aliphatic rings. The number of amides is 3. The Balaban J connectivity index is 1.63. The maximum absolute atomic E-state index is 13.4. The van der Waals surface area contributed by atoms with Crippen LogP contribution in [0.15, 0.2) is 72.8 Å². The minimum atomic E-state index is -1.14. The highest BCUT2D eigenvalue weighted by Gasteiger charge is 2.42. The molecule has 0 bridgehead atoms. The van der Waals surface area contributed by atoms with Gasteiger partial charge in [0.1, 0.15) is 6.04 Å². The van der Waals surface area contributed by atoms with Gasteiger partial charge in [0.25, 0.3) is 17.5 Å². The highest BCUT2D eigenvalue weighted by atomic mass is 16.6. The van der Waals surface area contributed by atoms with Crippen molar-refractivity contribution in [2.75, 3.05) is 5.32 Å². The first-order valence-electron chi connectivity index (χ1n) is 11.4. The van der Waals surface area contributed by atoms with Crippen LogP contribution in [0, 0.1) is 10.1 Å². The number of carbonyl (C=O) groups excluding carboxylic acids is 3. The molecule has 0 radical (unpaired) electrons. The molecule has 0 saturated heterocycles. The Morgan fingerprint density at radius 3 is 2.03 bits per heavy atom. The predicted octanol–water partition coefficient (Wildman–Crippen LogP) is 4.95. The number of nitrogens with one attached hydrogen (secondary N) is 1. The number of hydrogen-bond donors (Lipinski definition) is 1. The summed E-state index contributed by atoms with van der Waals surface area (Å²) in [6.07, 6.45) is 1.00. The molecule has 3 aromatic carbocycles. The standard InChI is InChI=1S/C27H25N3O5/c1-3-17(2)19-10-12-20(13-11-19)28-25(31)24(16-18-8-14-21(15-9-18)30(34)35)29-26(32)22-6-4-5-7-23(22)27(29)33/h4-15,17,24H,3,16H2,1-2H3,(H,28,31)/t17-,24+/m0/s1. The number of non-ortho nitro benzene ring substituents is 1. The molecule has 0 unspecified atom stereocenters. The number of rotatable bonds is 8. The summed E-state index contributed by atoms with van der Waals surface area (Å²) in [7, 11) is 0. The molecule has 178 valence electrons. The summed E-state index contributed by atoms with van der Waals surface area (Å²) in [5.41, 5.74) is 2.69. The van der Waals surface area contributed by atoms with E-state index in [1.807, 2.05) is 12.1 Å². The maximum Gasteiger partial charge on any atom is 0.269 e. The van der Waals surface area contributed by atoms with E-state index >= 15 is 0 Å². The molecule has 35 heavy (non-hydrogen) atoms. The molecule has 3 amide bonds. The van der Waals surface area contributed by atoms with Crippen LogP contribution in [-0.2, 0) is 11.2 Å². The highest BCUT2D eigenvalue weighted by molar-refractivity contribution is 6.23. The lowest BCUT2D eigenvalue weighted by molar-refractivity contribution is -0.384. The minimum absolute atomic E-state index is 0.0141. The van der Waals surface area contributed by atoms with Gasteiger partial charge in [0.15, 0.2) is 0 Å². The number of nitrogens with zero attached hydrogens (tertiary/aromatic N) is 2. The number of benzene rings is 3. The first-order valence-corrected chi connectivity index (χ1v) is 11.4. The number of hydrogen-bond acceptors (Lipinski definition) is 5. The molecule has 1 heterocycles. The molecule has 1 N–H and O–H groups in total. The summed E-state index contributed by atoms with van der Waals surface area (Å²) < 4.78 is 0. The second kappa shape index (κ2) is 9.89. The zero-order valence-corrected chi connectivity index (χ0v) is 19.4. The first-order chi connectivity index (χ1) is 16.8. The van der Waals surface area contributed by atoms with E-state index in [0.717, 1.165) is 16.9 Å². The Kier molecular flexibility index (Phi) is 6.73. The van der Waals surface area contributed by atoms with Gasteiger partial charge in [-0.2, -0.15) is 0 Å². The van der Waals surface area contributed by atoms with Gasteiger partial charge in [0.2, 0.25) is 5.91 Å². The van der Waals surface area contributed by atoms with Gasteiger partial charge in [-0.1, -0.05) is 50.2 Å². The molecule has 0 aromatic heterocycles. The van der Waals surface area contributed by atoms with Crippen molar-refractivity contribution in [2.24, 2.45) is 0 Å². The van der Waals surface area contributed by atoms with Crippen LogP contribution in [0.4, 0.5) is 11.4 Å². The smallest absolute Gasteiger partial charge is 0.269 e. The Morgan fingerprint density at radius 2 is 1.51 bits per heavy atom. The molecule has 4 rings (SSSR count). The fraction of sp³-hybridized carbons (Fsp3) is 0.222. The van der Waals surface area contributed by atoms with Crippen LogP contribution in [0.1, 0.15) is 58.0 Å². The number of fused-ring (bicyclic) bond motifs is 1. The van der Waals surface area contributed by atoms with Crippen molar-refractivity contribution >= 4 is 29.1 Å². The number of imide groups is 1. The minimum Gasteiger partial charge on any atom is -0.324 e. The van der Waals surface area contributed by atoms with Crippen molar-refractivity contribution in [2.45, 2.75) is 38.6 Å². The summed E-state index contributed by atoms with van der Waals surface area (Å²) in [6, 6.07) is 18.5. The molecule has 0 spiro atoms. The van der Waals surface area contributed by atoms with Gasteiger partial charge in [-0.15, -0.1) is 0 Å². The lowest BCUT2D eigenvalue weighted by Crippen LogP contribution is -2.48. The fourth-order valence-electron chi connectivity index (χ4n) is 4.13. The van der Waals surface area contributed by atoms with E-state index in [-0.39, 0.29) is 23.2 Å². The summed E-state index contributed by atoms with van der Waals surface area (Å²) in [5.74, 6) is -1.22. The number of nitro groups is 1. The summed E-state index contributed by atoms with van der Waals surface area (Å²) in [4.78, 5) is 51.2. The molecule has 8 heteroatoms. The van der Waals surface area contributed by atoms with Crippen LogP contribution >= 0.6 is 0 Å². The molecule has 0 aliphatic carbocycles. The number of anilines is 1. The average Bonchev–Trinajstić information content (AvgIpc) is 3.12. The molecule has 0 saturated carbocycles. The summed E-state index contributed by atoms with van der Waals surface area (Å²) in [5, 5.41) is 13.8. The Hall–Kier alpha value is -4.33. The topological polar surface area (TPSA) is 110 Å². The molecule has 0 fully saturated rings. The quantitative estimate of drug-likeness (QED) is 0.284. The Bertz CT molecular complexity index is 1250. The van der Waals surface area contributed by atoms with Crippen LogP contribution in [-0.4, -0.2) is 33.6 Å². The zero-order chi connectivity index (χ0) is 25.1. The van der Waals surface area contributed by atoms with Gasteiger partial charge in [-0.3, -0.25) is 29.4 Å². The lowest BCUT2D eigenvalue weighted by Gasteiger charge is -2.25. The second-order valence-electron chi connectivity index (χ2n) is 8.59. The SMILES string of the molecule is CC[C@H](C)c1ccc(NC(=O)[C@@H](Cc2ccc([N+](=O)[O-])cc2)N2C(=O)c3ccccc3C2=O)cc1. The number of nitro benzene ring substituents is 1. The second-order valence-corrected chi connectivity index (χ2v) is 8.59. The maximum atomic E-state index is 13.4. The number of carbonyl (C=O) groups is 3. The lowest BCUT2D eigenvalue weighted by atomic mass is 9.98. The van der Waals surface area contributed by atoms with Crippen molar-refractivity contribution in [3.8, 4) is 0 Å². The monoisotopic (exact) mass is 471 g/mol. The Morgan fingerprint density at radius 1 is 0.943 bits per heavy atom. The van der Waals surface area contributed by atoms with Crippen molar-refractivity contribution < 1.29 is 19.3 Å². The normalized spacial score (nSPS) is 14.4. The third-order valence-corrected chi connectivity index (χ3v) is 6.38. The van der Waals surface area contributed by atoms with Crippen molar-refractivity contribution in [1.82, 2.24) is 4.90 Å². The van der Waals surface area contributed by atoms with Crippen LogP contribution in [0.25, 0.3) is 0 Å². The third-order valence-electron chi connectivity index (χ3n) is 6.38. The highest BCUT2D eigenvalue weighted by Crippen LogP contribution is 2.27. The summed E-state index contributed by atoms with van der Waals surface area (Å²) in [6.45, 7) is 4.22. The van der Waals surface area contributed by atoms with E-state index in [9.17, 15) is 24.5 Å². The first kappa shape index (κ1) is 23.8. The van der Waals surface area contributed by atoms with Gasteiger partial charge >= 0.3 is 0 Å². The van der Waals surface area contributed by atoms with Gasteiger partial charge < -0.3 is 5.32 Å². The molecule has 3 aromatic rings. The van der Waals surface area contributed by atoms with E-state index in [2.05, 4.69) is 19.2 Å². The van der Waals surface area contributed by atoms with Crippen molar-refractivity contribution in [3.63, 3.8) is 0 Å². The molecule has 8 nitrogen and oxygen atoms in total. The molecule has 2 atom stereocenters. The van der Waals surface area contributed by atoms with E-state index in [0.29, 0.717) is 17.2 Å². The van der Waals surface area contributed by atoms with E-state index < -0.39 is 28.7 Å². The van der Waals surface area contributed by atoms with Crippen molar-refractivity contribution in [3.05, 3.63) is 105 Å². The molecular formula is C27H25N3O5. The van der Waals surface area contributed by atoms with E-state index in [1.54, 1.807) is 36.4 Å². The average molecular weight is 472 g/mol. The van der Waals surface area contributed by atoms with Gasteiger partial charge in [0.05, 0.1) is 16.1 Å². The van der Waals surface area contributed by atoms with Gasteiger partial charge in [-0.25, -0.2) is 0 Å². The van der Waals surface area contributed by atoms with Gasteiger partial charge in [-0.05, 0) is 47.7 Å². The summed E-state index contributed by atoms with van der Waals surface area (Å²) >= 11 is 0. The third kappa shape index (κ3) is 4.82. The Labute approximate surface area is 202 Å². The molecular weight excluding hydrogens is 446 g/mol. The van der Waals surface area contributed by atoms with Gasteiger partial charge in [0, 0.05) is 24.2 Å². The predicted molar refractivity (Wildman–Crippen MR) is 131 cm³/mol. The van der Waals surface area contributed by atoms with Crippen molar-refractivity contribution in [1.29, 1.82) is 0 Å². The van der Waals surface area contributed by atoms with Crippen LogP contribution in [0.5, 0.6) is 0 Å². The largest absolute Gasteiger partial charge is 0.324 e. The van der Waals surface area contributed by atoms with E-state index in [1.165, 1.54) is 24.3 Å². The van der Waals surface area contributed by atoms with Crippen LogP contribution in [0.2, 0.25) is 0 Å². The molecule has 1 aliphatic heterocycles.